The molecule has 1 aliphatic rings. The van der Waals surface area contributed by atoms with Crippen molar-refractivity contribution < 1.29 is 48.2 Å². The summed E-state index contributed by atoms with van der Waals surface area (Å²) in [6.45, 7) is 0.437. The van der Waals surface area contributed by atoms with Gasteiger partial charge >= 0.3 is 17.1 Å². The standard InChI is InChI=1S/C41H23F5N6.Fe/c1-3-19-51-21-7-5-9-31(51)33-25-13-11-23(47-25)24-12-14-26(48-24)34(32-10-6-8-22-52(32)20-4-2)28-16-18-30(50-28)35(29-17-15-27(33)49-29)36-37(42)39(44)41(46)40(45)38(36)43;/h1-2,5-18,21-22H,19-20H2,(H,49,50);/q;+3/p+2. The number of nitrogens with zero attached hydrogens (tertiary/aromatic N) is 3. The molecular formula is C41H25F5FeN6+5. The van der Waals surface area contributed by atoms with E-state index in [1.807, 2.05) is 82.2 Å². The van der Waals surface area contributed by atoms with Crippen LogP contribution in [0.15, 0.2) is 85.2 Å². The molecule has 8 bridgehead atoms. The van der Waals surface area contributed by atoms with Crippen LogP contribution in [0.1, 0.15) is 11.4 Å². The number of aromatic nitrogens is 6. The number of terminal acetylenes is 2. The Balaban J connectivity index is 0.00000435. The van der Waals surface area contributed by atoms with Crippen LogP contribution < -0.4 is 9.13 Å². The summed E-state index contributed by atoms with van der Waals surface area (Å²) in [4.78, 5) is 15.0. The van der Waals surface area contributed by atoms with E-state index in [0.717, 1.165) is 11.0 Å². The van der Waals surface area contributed by atoms with Crippen molar-refractivity contribution in [2.45, 2.75) is 13.1 Å². The van der Waals surface area contributed by atoms with Crippen LogP contribution >= 0.6 is 0 Å². The van der Waals surface area contributed by atoms with Gasteiger partial charge in [0.25, 0.3) is 0 Å². The summed E-state index contributed by atoms with van der Waals surface area (Å²) in [7, 11) is 0. The Kier molecular flexibility index (Phi) is 9.19. The van der Waals surface area contributed by atoms with Gasteiger partial charge in [-0.15, -0.1) is 12.8 Å². The van der Waals surface area contributed by atoms with Gasteiger partial charge in [0.05, 0.1) is 55.7 Å². The zero-order chi connectivity index (χ0) is 36.1. The quantitative estimate of drug-likeness (QED) is 0.0407. The molecule has 3 N–H and O–H groups in total. The molecule has 6 nitrogen and oxygen atoms in total. The SMILES string of the molecule is C#CC[n+]1ccccc1-c1c2nc(c(-c3c(F)c(F)c(F)c(F)c3F)c3ccc([nH]3)c(-c3cccc[n+]3CC#C)c3ccc([nH]3)c3ccc1[nH]3)C=C2.[Fe+3]. The number of benzene rings is 1. The summed E-state index contributed by atoms with van der Waals surface area (Å²) in [5.74, 6) is -5.10. The van der Waals surface area contributed by atoms with Crippen LogP contribution in [0.3, 0.4) is 0 Å². The number of nitrogens with one attached hydrogen (secondary N) is 3. The molecule has 0 amide bonds. The van der Waals surface area contributed by atoms with Gasteiger partial charge in [-0.25, -0.2) is 26.9 Å². The predicted molar refractivity (Wildman–Crippen MR) is 189 cm³/mol. The number of H-pyrrole nitrogens is 3. The van der Waals surface area contributed by atoms with Crippen molar-refractivity contribution in [3.63, 3.8) is 0 Å². The minimum Gasteiger partial charge on any atom is -0.354 e. The van der Waals surface area contributed by atoms with Crippen LogP contribution in [0.4, 0.5) is 22.0 Å². The van der Waals surface area contributed by atoms with Crippen molar-refractivity contribution in [3.8, 4) is 58.3 Å². The molecule has 12 heteroatoms. The minimum absolute atomic E-state index is 0. The zero-order valence-electron chi connectivity index (χ0n) is 27.4. The van der Waals surface area contributed by atoms with Crippen molar-refractivity contribution in [2.75, 3.05) is 0 Å². The number of hydrogen-bond donors (Lipinski definition) is 3. The maximum absolute atomic E-state index is 15.8. The number of fused-ring (bicyclic) bond motifs is 9. The Hall–Kier alpha value is -6.46. The molecule has 0 fully saturated rings. The third-order valence-corrected chi connectivity index (χ3v) is 8.95. The number of pyridine rings is 2. The van der Waals surface area contributed by atoms with Gasteiger partial charge in [0.1, 0.15) is 0 Å². The smallest absolute Gasteiger partial charge is 0.354 e. The Morgan fingerprint density at radius 3 is 1.40 bits per heavy atom. The Morgan fingerprint density at radius 1 is 0.491 bits per heavy atom. The van der Waals surface area contributed by atoms with E-state index in [0.29, 0.717) is 44.8 Å². The van der Waals surface area contributed by atoms with Crippen molar-refractivity contribution in [2.24, 2.45) is 0 Å². The predicted octanol–water partition coefficient (Wildman–Crippen LogP) is 8.23. The molecule has 0 saturated carbocycles. The Bertz CT molecular complexity index is 2820. The first-order valence-corrected chi connectivity index (χ1v) is 16.0. The molecule has 1 radical (unpaired) electrons. The molecule has 7 heterocycles. The van der Waals surface area contributed by atoms with Gasteiger partial charge in [-0.2, -0.15) is 9.13 Å². The first-order chi connectivity index (χ1) is 25.3. The van der Waals surface area contributed by atoms with E-state index >= 15 is 8.78 Å². The van der Waals surface area contributed by atoms with E-state index in [-0.39, 0.29) is 46.9 Å². The molecule has 0 saturated heterocycles. The first kappa shape index (κ1) is 35.0. The van der Waals surface area contributed by atoms with Crippen molar-refractivity contribution >= 4 is 45.3 Å². The second-order valence-corrected chi connectivity index (χ2v) is 12.0. The van der Waals surface area contributed by atoms with Crippen molar-refractivity contribution in [3.05, 3.63) is 126 Å². The molecule has 1 aliphatic heterocycles. The maximum Gasteiger partial charge on any atom is 3.00 e. The third kappa shape index (κ3) is 5.84. The monoisotopic (exact) mass is 752 g/mol. The Labute approximate surface area is 309 Å². The van der Waals surface area contributed by atoms with Crippen LogP contribution in [0.5, 0.6) is 0 Å². The fraction of sp³-hybridized carbons (Fsp3) is 0.0488. The zero-order valence-corrected chi connectivity index (χ0v) is 28.5. The van der Waals surface area contributed by atoms with Crippen LogP contribution in [0.2, 0.25) is 0 Å². The molecule has 8 rings (SSSR count). The maximum atomic E-state index is 15.8. The van der Waals surface area contributed by atoms with Gasteiger partial charge in [0.2, 0.25) is 30.3 Å². The van der Waals surface area contributed by atoms with E-state index in [9.17, 15) is 13.2 Å². The van der Waals surface area contributed by atoms with Crippen LogP contribution in [0.25, 0.3) is 78.9 Å². The topological polar surface area (TPSA) is 68.0 Å². The molecule has 1 aromatic carbocycles. The van der Waals surface area contributed by atoms with Gasteiger partial charge in [0, 0.05) is 35.3 Å². The van der Waals surface area contributed by atoms with E-state index in [2.05, 4.69) is 26.8 Å². The molecule has 0 aliphatic carbocycles. The normalized spacial score (nSPS) is 11.4. The largest absolute Gasteiger partial charge is 3.00 e. The number of halogens is 5. The summed E-state index contributed by atoms with van der Waals surface area (Å²) in [6.07, 6.45) is 18.2. The van der Waals surface area contributed by atoms with E-state index < -0.39 is 34.6 Å². The van der Waals surface area contributed by atoms with E-state index in [1.165, 1.54) is 12.1 Å². The summed E-state index contributed by atoms with van der Waals surface area (Å²) >= 11 is 0. The van der Waals surface area contributed by atoms with Gasteiger partial charge in [-0.3, -0.25) is 0 Å². The molecule has 6 aromatic heterocycles. The van der Waals surface area contributed by atoms with Crippen LogP contribution in [-0.2, 0) is 30.2 Å². The Morgan fingerprint density at radius 2 is 0.887 bits per heavy atom. The fourth-order valence-corrected chi connectivity index (χ4v) is 6.66. The first-order valence-electron chi connectivity index (χ1n) is 16.0. The fourth-order valence-electron chi connectivity index (χ4n) is 6.66. The van der Waals surface area contributed by atoms with Gasteiger partial charge in [-0.05, 0) is 72.5 Å². The van der Waals surface area contributed by atoms with Gasteiger partial charge < -0.3 is 15.0 Å². The van der Waals surface area contributed by atoms with Crippen molar-refractivity contribution in [1.82, 2.24) is 19.9 Å². The molecule has 0 atom stereocenters. The molecule has 0 spiro atoms. The average molecular weight is 753 g/mol. The van der Waals surface area contributed by atoms with E-state index in [1.54, 1.807) is 12.1 Å². The second kappa shape index (κ2) is 13.9. The van der Waals surface area contributed by atoms with Crippen LogP contribution in [0, 0.1) is 53.8 Å². The molecule has 0 unspecified atom stereocenters. The van der Waals surface area contributed by atoms with Gasteiger partial charge in [-0.1, -0.05) is 0 Å². The summed E-state index contributed by atoms with van der Waals surface area (Å²) in [5.41, 5.74) is 4.64. The number of rotatable bonds is 5. The van der Waals surface area contributed by atoms with Crippen molar-refractivity contribution in [1.29, 1.82) is 0 Å². The van der Waals surface area contributed by atoms with Crippen LogP contribution in [-0.4, -0.2) is 19.9 Å². The summed E-state index contributed by atoms with van der Waals surface area (Å²) in [6, 6.07) is 21.8. The number of aromatic amines is 3. The third-order valence-electron chi connectivity index (χ3n) is 8.95. The summed E-state index contributed by atoms with van der Waals surface area (Å²) in [5, 5.41) is 0. The molecule has 257 valence electrons. The molecular weight excluding hydrogens is 727 g/mol. The second-order valence-electron chi connectivity index (χ2n) is 12.0. The minimum atomic E-state index is -2.26. The average Bonchev–Trinajstić information content (AvgIpc) is 3.99. The number of hydrogen-bond acceptors (Lipinski definition) is 1. The van der Waals surface area contributed by atoms with E-state index in [4.69, 9.17) is 17.8 Å². The van der Waals surface area contributed by atoms with Gasteiger partial charge in [0.15, 0.2) is 35.7 Å². The molecule has 53 heavy (non-hydrogen) atoms. The molecule has 7 aromatic rings. The summed E-state index contributed by atoms with van der Waals surface area (Å²) < 4.78 is 79.3.